The van der Waals surface area contributed by atoms with Gasteiger partial charge in [0.1, 0.15) is 5.75 Å². The van der Waals surface area contributed by atoms with Crippen molar-refractivity contribution in [2.75, 3.05) is 46.9 Å². The molecule has 1 aliphatic heterocycles. The number of benzene rings is 1. The van der Waals surface area contributed by atoms with E-state index in [1.54, 1.807) is 18.4 Å². The predicted octanol–water partition coefficient (Wildman–Crippen LogP) is 2.40. The fourth-order valence-electron chi connectivity index (χ4n) is 3.23. The Labute approximate surface area is 159 Å². The number of carbonyl (C=O) groups excluding carboxylic acids is 1. The first-order valence-electron chi connectivity index (χ1n) is 9.01. The van der Waals surface area contributed by atoms with Crippen molar-refractivity contribution >= 4 is 17.2 Å². The standard InChI is InChI=1S/C20H27N3O2S/c1-22-9-11-23(12-10-22)18(19-4-3-13-26-19)15-21-20(24)14-16-5-7-17(25-2)8-6-16/h3-8,13,18H,9-12,14-15H2,1-2H3,(H,21,24). The molecule has 1 N–H and O–H groups in total. The number of nitrogens with one attached hydrogen (secondary N) is 1. The summed E-state index contributed by atoms with van der Waals surface area (Å²) in [4.78, 5) is 18.6. The van der Waals surface area contributed by atoms with Crippen LogP contribution in [0.25, 0.3) is 0 Å². The van der Waals surface area contributed by atoms with Gasteiger partial charge in [-0.05, 0) is 36.2 Å². The quantitative estimate of drug-likeness (QED) is 0.810. The number of rotatable bonds is 7. The summed E-state index contributed by atoms with van der Waals surface area (Å²) < 4.78 is 5.16. The molecule has 0 spiro atoms. The summed E-state index contributed by atoms with van der Waals surface area (Å²) in [5, 5.41) is 5.25. The Balaban J connectivity index is 1.57. The maximum atomic E-state index is 12.4. The highest BCUT2D eigenvalue weighted by Crippen LogP contribution is 2.25. The molecule has 1 atom stereocenters. The van der Waals surface area contributed by atoms with Gasteiger partial charge in [0.2, 0.25) is 5.91 Å². The zero-order chi connectivity index (χ0) is 18.4. The van der Waals surface area contributed by atoms with Crippen LogP contribution >= 0.6 is 11.3 Å². The molecular formula is C20H27N3O2S. The second-order valence-electron chi connectivity index (χ2n) is 6.70. The molecule has 0 radical (unpaired) electrons. The molecule has 140 valence electrons. The van der Waals surface area contributed by atoms with Crippen LogP contribution in [0, 0.1) is 0 Å². The van der Waals surface area contributed by atoms with Crippen LogP contribution in [-0.4, -0.2) is 62.6 Å². The van der Waals surface area contributed by atoms with Gasteiger partial charge < -0.3 is 15.0 Å². The fourth-order valence-corrected chi connectivity index (χ4v) is 4.09. The van der Waals surface area contributed by atoms with Gasteiger partial charge >= 0.3 is 0 Å². The molecule has 0 saturated carbocycles. The van der Waals surface area contributed by atoms with Crippen LogP contribution in [0.4, 0.5) is 0 Å². The Kier molecular flexibility index (Phi) is 6.66. The topological polar surface area (TPSA) is 44.8 Å². The first kappa shape index (κ1) is 18.9. The van der Waals surface area contributed by atoms with E-state index in [4.69, 9.17) is 4.74 Å². The highest BCUT2D eigenvalue weighted by molar-refractivity contribution is 7.10. The monoisotopic (exact) mass is 373 g/mol. The lowest BCUT2D eigenvalue weighted by molar-refractivity contribution is -0.120. The highest BCUT2D eigenvalue weighted by Gasteiger charge is 2.25. The number of ether oxygens (including phenoxy) is 1. The number of amides is 1. The van der Waals surface area contributed by atoms with E-state index in [-0.39, 0.29) is 11.9 Å². The second kappa shape index (κ2) is 9.16. The van der Waals surface area contributed by atoms with E-state index in [0.717, 1.165) is 37.5 Å². The van der Waals surface area contributed by atoms with E-state index >= 15 is 0 Å². The molecule has 0 bridgehead atoms. The molecule has 1 fully saturated rings. The SMILES string of the molecule is COc1ccc(CC(=O)NCC(c2cccs2)N2CCN(C)CC2)cc1. The zero-order valence-electron chi connectivity index (χ0n) is 15.5. The third-order valence-corrected chi connectivity index (χ3v) is 5.84. The smallest absolute Gasteiger partial charge is 0.224 e. The first-order chi connectivity index (χ1) is 12.7. The summed E-state index contributed by atoms with van der Waals surface area (Å²) >= 11 is 1.76. The molecule has 1 amide bonds. The van der Waals surface area contributed by atoms with E-state index in [9.17, 15) is 4.79 Å². The van der Waals surface area contributed by atoms with Crippen molar-refractivity contribution in [2.24, 2.45) is 0 Å². The van der Waals surface area contributed by atoms with E-state index in [0.29, 0.717) is 13.0 Å². The summed E-state index contributed by atoms with van der Waals surface area (Å²) in [7, 11) is 3.80. The van der Waals surface area contributed by atoms with Crippen molar-refractivity contribution < 1.29 is 9.53 Å². The Morgan fingerprint density at radius 2 is 1.92 bits per heavy atom. The van der Waals surface area contributed by atoms with Crippen molar-refractivity contribution in [3.8, 4) is 5.75 Å². The molecule has 1 saturated heterocycles. The number of likely N-dealkylation sites (N-methyl/N-ethyl adjacent to an activating group) is 1. The average molecular weight is 374 g/mol. The Hall–Kier alpha value is -1.89. The minimum absolute atomic E-state index is 0.0610. The number of carbonyl (C=O) groups is 1. The van der Waals surface area contributed by atoms with Crippen LogP contribution in [0.1, 0.15) is 16.5 Å². The van der Waals surface area contributed by atoms with Crippen LogP contribution in [0.3, 0.4) is 0 Å². The van der Waals surface area contributed by atoms with Gasteiger partial charge in [0.05, 0.1) is 19.6 Å². The molecule has 2 aromatic rings. The lowest BCUT2D eigenvalue weighted by Crippen LogP contribution is -2.48. The largest absolute Gasteiger partial charge is 0.497 e. The summed E-state index contributed by atoms with van der Waals surface area (Å²) in [5.41, 5.74) is 0.996. The number of methoxy groups -OCH3 is 1. The Morgan fingerprint density at radius 1 is 1.19 bits per heavy atom. The maximum Gasteiger partial charge on any atom is 0.224 e. The van der Waals surface area contributed by atoms with E-state index in [1.165, 1.54) is 4.88 Å². The third kappa shape index (κ3) is 5.06. The lowest BCUT2D eigenvalue weighted by atomic mass is 10.1. The molecular weight excluding hydrogens is 346 g/mol. The van der Waals surface area contributed by atoms with Gasteiger partial charge in [-0.1, -0.05) is 18.2 Å². The number of hydrogen-bond donors (Lipinski definition) is 1. The molecule has 6 heteroatoms. The molecule has 2 heterocycles. The summed E-state index contributed by atoms with van der Waals surface area (Å²) in [5.74, 6) is 0.868. The predicted molar refractivity (Wildman–Crippen MR) is 106 cm³/mol. The van der Waals surface area contributed by atoms with Crippen molar-refractivity contribution in [3.05, 3.63) is 52.2 Å². The minimum atomic E-state index is 0.0610. The molecule has 5 nitrogen and oxygen atoms in total. The second-order valence-corrected chi connectivity index (χ2v) is 7.68. The van der Waals surface area contributed by atoms with Crippen molar-refractivity contribution in [2.45, 2.75) is 12.5 Å². The van der Waals surface area contributed by atoms with Crippen LogP contribution in [-0.2, 0) is 11.2 Å². The van der Waals surface area contributed by atoms with Gasteiger partial charge in [-0.25, -0.2) is 0 Å². The average Bonchev–Trinajstić information content (AvgIpc) is 3.18. The van der Waals surface area contributed by atoms with Gasteiger partial charge in [-0.2, -0.15) is 0 Å². The normalized spacial score (nSPS) is 17.0. The minimum Gasteiger partial charge on any atom is -0.497 e. The Bertz CT molecular complexity index is 680. The van der Waals surface area contributed by atoms with Crippen LogP contribution in [0.2, 0.25) is 0 Å². The molecule has 1 aromatic heterocycles. The molecule has 3 rings (SSSR count). The van der Waals surface area contributed by atoms with Gasteiger partial charge in [0.25, 0.3) is 0 Å². The summed E-state index contributed by atoms with van der Waals surface area (Å²) in [6.07, 6.45) is 0.393. The van der Waals surface area contributed by atoms with Gasteiger partial charge in [0, 0.05) is 37.6 Å². The zero-order valence-corrected chi connectivity index (χ0v) is 16.3. The van der Waals surface area contributed by atoms with Gasteiger partial charge in [-0.3, -0.25) is 9.69 Å². The number of thiophene rings is 1. The third-order valence-electron chi connectivity index (χ3n) is 4.87. The van der Waals surface area contributed by atoms with Gasteiger partial charge in [0.15, 0.2) is 0 Å². The van der Waals surface area contributed by atoms with Crippen LogP contribution < -0.4 is 10.1 Å². The number of hydrogen-bond acceptors (Lipinski definition) is 5. The van der Waals surface area contributed by atoms with E-state index in [2.05, 4.69) is 39.7 Å². The molecule has 1 unspecified atom stereocenters. The summed E-state index contributed by atoms with van der Waals surface area (Å²) in [6.45, 7) is 4.86. The molecule has 1 aliphatic rings. The number of nitrogens with zero attached hydrogens (tertiary/aromatic N) is 2. The number of piperazine rings is 1. The van der Waals surface area contributed by atoms with Crippen LogP contribution in [0.5, 0.6) is 5.75 Å². The Morgan fingerprint density at radius 3 is 2.54 bits per heavy atom. The van der Waals surface area contributed by atoms with Crippen molar-refractivity contribution in [1.29, 1.82) is 0 Å². The fraction of sp³-hybridized carbons (Fsp3) is 0.450. The lowest BCUT2D eigenvalue weighted by Gasteiger charge is -2.37. The van der Waals surface area contributed by atoms with Crippen molar-refractivity contribution in [1.82, 2.24) is 15.1 Å². The highest BCUT2D eigenvalue weighted by atomic mass is 32.1. The summed E-state index contributed by atoms with van der Waals surface area (Å²) in [6, 6.07) is 12.2. The van der Waals surface area contributed by atoms with Crippen LogP contribution in [0.15, 0.2) is 41.8 Å². The van der Waals surface area contributed by atoms with E-state index in [1.807, 2.05) is 24.3 Å². The molecule has 1 aromatic carbocycles. The molecule has 0 aliphatic carbocycles. The van der Waals surface area contributed by atoms with Gasteiger partial charge in [-0.15, -0.1) is 11.3 Å². The first-order valence-corrected chi connectivity index (χ1v) is 9.89. The molecule has 26 heavy (non-hydrogen) atoms. The maximum absolute atomic E-state index is 12.4. The van der Waals surface area contributed by atoms with E-state index < -0.39 is 0 Å². The van der Waals surface area contributed by atoms with Crippen molar-refractivity contribution in [3.63, 3.8) is 0 Å².